The van der Waals surface area contributed by atoms with Gasteiger partial charge in [0.1, 0.15) is 0 Å². The van der Waals surface area contributed by atoms with Crippen LogP contribution in [-0.4, -0.2) is 67.9 Å². The van der Waals surface area contributed by atoms with Gasteiger partial charge in [-0.15, -0.1) is 0 Å². The van der Waals surface area contributed by atoms with Crippen molar-refractivity contribution in [2.45, 2.75) is 19.8 Å². The summed E-state index contributed by atoms with van der Waals surface area (Å²) >= 11 is 0. The van der Waals surface area contributed by atoms with E-state index < -0.39 is 0 Å². The third kappa shape index (κ3) is 5.19. The first-order valence-electron chi connectivity index (χ1n) is 9.10. The summed E-state index contributed by atoms with van der Waals surface area (Å²) < 4.78 is 0. The molecule has 1 aliphatic carbocycles. The Morgan fingerprint density at radius 2 is 1.92 bits per heavy atom. The summed E-state index contributed by atoms with van der Waals surface area (Å²) in [6, 6.07) is 7.96. The lowest BCUT2D eigenvalue weighted by atomic mass is 10.2. The van der Waals surface area contributed by atoms with E-state index in [0.717, 1.165) is 43.5 Å². The number of carbonyl (C=O) groups is 2. The minimum atomic E-state index is -0.177. The second-order valence-corrected chi connectivity index (χ2v) is 7.20. The lowest BCUT2D eigenvalue weighted by Crippen LogP contribution is -2.47. The van der Waals surface area contributed by atoms with E-state index in [4.69, 9.17) is 0 Å². The van der Waals surface area contributed by atoms with Gasteiger partial charge in [-0.1, -0.05) is 6.07 Å². The van der Waals surface area contributed by atoms with Gasteiger partial charge in [0.25, 0.3) is 0 Å². The molecule has 2 amide bonds. The van der Waals surface area contributed by atoms with Crippen molar-refractivity contribution in [3.63, 3.8) is 0 Å². The molecule has 2 aliphatic rings. The van der Waals surface area contributed by atoms with E-state index in [1.165, 1.54) is 31.2 Å². The number of rotatable bonds is 6. The van der Waals surface area contributed by atoms with Gasteiger partial charge in [-0.05, 0) is 37.0 Å². The Bertz CT molecular complexity index is 622. The topological polar surface area (TPSA) is 55.9 Å². The molecule has 1 heterocycles. The van der Waals surface area contributed by atoms with Crippen LogP contribution in [0.4, 0.5) is 11.4 Å². The van der Waals surface area contributed by atoms with Crippen molar-refractivity contribution < 1.29 is 9.59 Å². The molecule has 1 aromatic carbocycles. The summed E-state index contributed by atoms with van der Waals surface area (Å²) in [6.07, 6.45) is 2.81. The zero-order chi connectivity index (χ0) is 17.8. The van der Waals surface area contributed by atoms with Gasteiger partial charge in [-0.2, -0.15) is 0 Å². The zero-order valence-electron chi connectivity index (χ0n) is 15.2. The van der Waals surface area contributed by atoms with E-state index in [-0.39, 0.29) is 18.4 Å². The lowest BCUT2D eigenvalue weighted by Gasteiger charge is -2.36. The predicted molar refractivity (Wildman–Crippen MR) is 99.8 cm³/mol. The summed E-state index contributed by atoms with van der Waals surface area (Å²) in [7, 11) is 1.62. The molecule has 1 saturated heterocycles. The number of likely N-dealkylation sites (N-methyl/N-ethyl adjacent to an activating group) is 1. The maximum absolute atomic E-state index is 12.0. The van der Waals surface area contributed by atoms with E-state index in [2.05, 4.69) is 21.2 Å². The molecule has 0 spiro atoms. The molecule has 0 aromatic heterocycles. The van der Waals surface area contributed by atoms with Crippen LogP contribution in [0.3, 0.4) is 0 Å². The van der Waals surface area contributed by atoms with E-state index in [1.807, 2.05) is 18.2 Å². The average Bonchev–Trinajstić information content (AvgIpc) is 3.39. The van der Waals surface area contributed by atoms with Crippen molar-refractivity contribution in [1.29, 1.82) is 0 Å². The number of benzene rings is 1. The highest BCUT2D eigenvalue weighted by Gasteiger charge is 2.26. The monoisotopic (exact) mass is 344 g/mol. The number of carbonyl (C=O) groups excluding carboxylic acids is 2. The molecule has 1 N–H and O–H groups in total. The zero-order valence-corrected chi connectivity index (χ0v) is 15.2. The van der Waals surface area contributed by atoms with Gasteiger partial charge in [0.15, 0.2) is 0 Å². The first kappa shape index (κ1) is 17.7. The summed E-state index contributed by atoms with van der Waals surface area (Å²) in [4.78, 5) is 29.6. The largest absolute Gasteiger partial charge is 0.369 e. The van der Waals surface area contributed by atoms with E-state index >= 15 is 0 Å². The minimum absolute atomic E-state index is 0.0689. The van der Waals surface area contributed by atoms with E-state index in [0.29, 0.717) is 0 Å². The smallest absolute Gasteiger partial charge is 0.243 e. The third-order valence-corrected chi connectivity index (χ3v) is 5.00. The number of nitrogens with one attached hydrogen (secondary N) is 1. The molecule has 136 valence electrons. The van der Waals surface area contributed by atoms with Crippen molar-refractivity contribution in [1.82, 2.24) is 9.80 Å². The molecule has 6 heteroatoms. The van der Waals surface area contributed by atoms with Gasteiger partial charge < -0.3 is 15.1 Å². The van der Waals surface area contributed by atoms with Gasteiger partial charge in [-0.3, -0.25) is 14.5 Å². The molecule has 1 saturated carbocycles. The fourth-order valence-electron chi connectivity index (χ4n) is 3.16. The highest BCUT2D eigenvalue weighted by Crippen LogP contribution is 2.30. The SMILES string of the molecule is CC(=O)N(C)CC(=O)Nc1cccc(N2CCN(CC3CC3)CC2)c1. The van der Waals surface area contributed by atoms with Crippen LogP contribution in [-0.2, 0) is 9.59 Å². The summed E-state index contributed by atoms with van der Waals surface area (Å²) in [5.41, 5.74) is 1.92. The van der Waals surface area contributed by atoms with Crippen molar-refractivity contribution in [2.75, 3.05) is 56.5 Å². The molecule has 25 heavy (non-hydrogen) atoms. The van der Waals surface area contributed by atoms with E-state index in [1.54, 1.807) is 7.05 Å². The number of amides is 2. The van der Waals surface area contributed by atoms with Gasteiger partial charge in [0, 0.05) is 58.1 Å². The number of piperazine rings is 1. The molecule has 6 nitrogen and oxygen atoms in total. The van der Waals surface area contributed by atoms with Crippen molar-refractivity contribution >= 4 is 23.2 Å². The Labute approximate surface area is 149 Å². The third-order valence-electron chi connectivity index (χ3n) is 5.00. The number of anilines is 2. The van der Waals surface area contributed by atoms with E-state index in [9.17, 15) is 9.59 Å². The Hall–Kier alpha value is -2.08. The van der Waals surface area contributed by atoms with Crippen LogP contribution in [0, 0.1) is 5.92 Å². The van der Waals surface area contributed by atoms with Gasteiger partial charge in [-0.25, -0.2) is 0 Å². The van der Waals surface area contributed by atoms with Crippen LogP contribution in [0.15, 0.2) is 24.3 Å². The van der Waals surface area contributed by atoms with Crippen LogP contribution in [0.5, 0.6) is 0 Å². The molecular formula is C19H28N4O2. The van der Waals surface area contributed by atoms with Crippen LogP contribution < -0.4 is 10.2 Å². The molecule has 0 atom stereocenters. The van der Waals surface area contributed by atoms with Crippen molar-refractivity contribution in [3.8, 4) is 0 Å². The summed E-state index contributed by atoms with van der Waals surface area (Å²) in [5, 5.41) is 2.88. The first-order chi connectivity index (χ1) is 12.0. The highest BCUT2D eigenvalue weighted by atomic mass is 16.2. The standard InChI is InChI=1S/C19H28N4O2/c1-15(24)21(2)14-19(25)20-17-4-3-5-18(12-17)23-10-8-22(9-11-23)13-16-6-7-16/h3-5,12,16H,6-11,13-14H2,1-2H3,(H,20,25). The predicted octanol–water partition coefficient (Wildman–Crippen LogP) is 1.64. The van der Waals surface area contributed by atoms with Crippen LogP contribution in [0.2, 0.25) is 0 Å². The van der Waals surface area contributed by atoms with Gasteiger partial charge in [0.2, 0.25) is 11.8 Å². The Morgan fingerprint density at radius 1 is 1.20 bits per heavy atom. The van der Waals surface area contributed by atoms with Crippen LogP contribution >= 0.6 is 0 Å². The van der Waals surface area contributed by atoms with Gasteiger partial charge in [0.05, 0.1) is 6.54 Å². The molecule has 0 bridgehead atoms. The quantitative estimate of drug-likeness (QED) is 0.852. The lowest BCUT2D eigenvalue weighted by molar-refractivity contribution is -0.131. The Balaban J connectivity index is 1.52. The second kappa shape index (κ2) is 7.87. The average molecular weight is 344 g/mol. The number of hydrogen-bond donors (Lipinski definition) is 1. The Morgan fingerprint density at radius 3 is 2.56 bits per heavy atom. The maximum Gasteiger partial charge on any atom is 0.243 e. The summed E-state index contributed by atoms with van der Waals surface area (Å²) in [5.74, 6) is 0.648. The molecular weight excluding hydrogens is 316 g/mol. The molecule has 1 aliphatic heterocycles. The van der Waals surface area contributed by atoms with Crippen LogP contribution in [0.1, 0.15) is 19.8 Å². The fraction of sp³-hybridized carbons (Fsp3) is 0.579. The molecule has 3 rings (SSSR count). The number of hydrogen-bond acceptors (Lipinski definition) is 4. The maximum atomic E-state index is 12.0. The molecule has 2 fully saturated rings. The minimum Gasteiger partial charge on any atom is -0.369 e. The molecule has 0 radical (unpaired) electrons. The highest BCUT2D eigenvalue weighted by molar-refractivity contribution is 5.94. The summed E-state index contributed by atoms with van der Waals surface area (Å²) in [6.45, 7) is 7.05. The normalized spacial score (nSPS) is 18.1. The fourth-order valence-corrected chi connectivity index (χ4v) is 3.16. The molecule has 0 unspecified atom stereocenters. The first-order valence-corrected chi connectivity index (χ1v) is 9.10. The Kier molecular flexibility index (Phi) is 5.58. The second-order valence-electron chi connectivity index (χ2n) is 7.20. The van der Waals surface area contributed by atoms with Crippen LogP contribution in [0.25, 0.3) is 0 Å². The van der Waals surface area contributed by atoms with Crippen molar-refractivity contribution in [3.05, 3.63) is 24.3 Å². The molecule has 1 aromatic rings. The number of nitrogens with zero attached hydrogens (tertiary/aromatic N) is 3. The van der Waals surface area contributed by atoms with Gasteiger partial charge >= 0.3 is 0 Å². The van der Waals surface area contributed by atoms with Crippen molar-refractivity contribution in [2.24, 2.45) is 5.92 Å².